The van der Waals surface area contributed by atoms with E-state index in [4.69, 9.17) is 0 Å². The molecule has 13 heavy (non-hydrogen) atoms. The number of hydrogen-bond donors (Lipinski definition) is 1. The van der Waals surface area contributed by atoms with E-state index in [1.54, 1.807) is 0 Å². The summed E-state index contributed by atoms with van der Waals surface area (Å²) in [4.78, 5) is 0. The lowest BCUT2D eigenvalue weighted by Gasteiger charge is -2.11. The minimum atomic E-state index is 0.702. The van der Waals surface area contributed by atoms with Crippen molar-refractivity contribution in [1.82, 2.24) is 5.32 Å². The van der Waals surface area contributed by atoms with Gasteiger partial charge in [-0.1, -0.05) is 31.9 Å². The number of rotatable bonds is 5. The molecule has 0 aromatic heterocycles. The predicted molar refractivity (Wildman–Crippen MR) is 58.9 cm³/mol. The Balaban J connectivity index is 2.16. The van der Waals surface area contributed by atoms with Gasteiger partial charge in [0, 0.05) is 12.6 Å². The van der Waals surface area contributed by atoms with E-state index >= 15 is 0 Å². The first-order valence-corrected chi connectivity index (χ1v) is 5.65. The molecule has 1 aliphatic rings. The molecule has 2 unspecified atom stereocenters. The second-order valence-corrected chi connectivity index (χ2v) is 4.36. The average Bonchev–Trinajstić information content (AvgIpc) is 2.52. The topological polar surface area (TPSA) is 12.0 Å². The van der Waals surface area contributed by atoms with E-state index in [1.165, 1.54) is 37.7 Å². The first-order chi connectivity index (χ1) is 6.24. The number of nitrogens with one attached hydrogen (secondary N) is 1. The molecule has 1 nitrogen and oxygen atoms in total. The highest BCUT2D eigenvalue weighted by molar-refractivity contribution is 5.05. The van der Waals surface area contributed by atoms with Gasteiger partial charge < -0.3 is 5.32 Å². The molecule has 0 aliphatic carbocycles. The highest BCUT2D eigenvalue weighted by Gasteiger charge is 2.22. The minimum absolute atomic E-state index is 0.702. The average molecular weight is 181 g/mol. The molecule has 0 radical (unpaired) electrons. The lowest BCUT2D eigenvalue weighted by atomic mass is 9.93. The maximum absolute atomic E-state index is 4.20. The van der Waals surface area contributed by atoms with Crippen LogP contribution in [0.3, 0.4) is 0 Å². The van der Waals surface area contributed by atoms with E-state index in [2.05, 4.69) is 25.7 Å². The van der Waals surface area contributed by atoms with Crippen molar-refractivity contribution in [3.63, 3.8) is 0 Å². The largest absolute Gasteiger partial charge is 0.314 e. The van der Waals surface area contributed by atoms with Crippen LogP contribution >= 0.6 is 0 Å². The summed E-state index contributed by atoms with van der Waals surface area (Å²) < 4.78 is 0. The van der Waals surface area contributed by atoms with Gasteiger partial charge in [0.1, 0.15) is 0 Å². The molecule has 1 saturated heterocycles. The van der Waals surface area contributed by atoms with Gasteiger partial charge in [0.2, 0.25) is 0 Å². The minimum Gasteiger partial charge on any atom is -0.314 e. The van der Waals surface area contributed by atoms with Gasteiger partial charge in [-0.15, -0.1) is 0 Å². The van der Waals surface area contributed by atoms with Crippen LogP contribution < -0.4 is 5.32 Å². The summed E-state index contributed by atoms with van der Waals surface area (Å²) in [6.07, 6.45) is 6.54. The normalized spacial score (nSPS) is 27.8. The smallest absolute Gasteiger partial charge is 0.00451 e. The number of unbranched alkanes of at least 4 members (excludes halogenated alkanes) is 2. The molecule has 0 aromatic rings. The zero-order valence-corrected chi connectivity index (χ0v) is 9.10. The van der Waals surface area contributed by atoms with Crippen molar-refractivity contribution in [2.45, 2.75) is 52.0 Å². The molecule has 0 aromatic carbocycles. The van der Waals surface area contributed by atoms with Gasteiger partial charge in [0.25, 0.3) is 0 Å². The third-order valence-corrected chi connectivity index (χ3v) is 3.03. The summed E-state index contributed by atoms with van der Waals surface area (Å²) in [6.45, 7) is 9.88. The SMILES string of the molecule is C=C(CCCCC)C1CNC(C)C1. The summed E-state index contributed by atoms with van der Waals surface area (Å²) in [7, 11) is 0. The maximum atomic E-state index is 4.20. The van der Waals surface area contributed by atoms with Crippen LogP contribution in [0.2, 0.25) is 0 Å². The van der Waals surface area contributed by atoms with Crippen LogP contribution in [-0.4, -0.2) is 12.6 Å². The Hall–Kier alpha value is -0.300. The molecule has 1 rings (SSSR count). The standard InChI is InChI=1S/C12H23N/c1-4-5-6-7-10(2)12-8-11(3)13-9-12/h11-13H,2,4-9H2,1,3H3. The predicted octanol–water partition coefficient (Wildman–Crippen LogP) is 3.12. The molecule has 1 fully saturated rings. The van der Waals surface area contributed by atoms with Crippen molar-refractivity contribution < 1.29 is 0 Å². The Morgan fingerprint density at radius 1 is 1.46 bits per heavy atom. The van der Waals surface area contributed by atoms with Crippen LogP contribution in [0, 0.1) is 5.92 Å². The summed E-state index contributed by atoms with van der Waals surface area (Å²) >= 11 is 0. The van der Waals surface area contributed by atoms with Gasteiger partial charge in [-0.25, -0.2) is 0 Å². The highest BCUT2D eigenvalue weighted by Crippen LogP contribution is 2.24. The van der Waals surface area contributed by atoms with Crippen molar-refractivity contribution in [3.8, 4) is 0 Å². The van der Waals surface area contributed by atoms with Crippen LogP contribution in [0.25, 0.3) is 0 Å². The molecule has 76 valence electrons. The molecule has 2 atom stereocenters. The fraction of sp³-hybridized carbons (Fsp3) is 0.833. The summed E-state index contributed by atoms with van der Waals surface area (Å²) in [5.74, 6) is 0.756. The molecule has 0 saturated carbocycles. The zero-order valence-electron chi connectivity index (χ0n) is 9.10. The van der Waals surface area contributed by atoms with Gasteiger partial charge in [-0.05, 0) is 32.1 Å². The summed E-state index contributed by atoms with van der Waals surface area (Å²) in [6, 6.07) is 0.702. The fourth-order valence-electron chi connectivity index (χ4n) is 2.05. The van der Waals surface area contributed by atoms with Gasteiger partial charge in [0.15, 0.2) is 0 Å². The monoisotopic (exact) mass is 181 g/mol. The van der Waals surface area contributed by atoms with Crippen LogP contribution in [0.1, 0.15) is 46.0 Å². The van der Waals surface area contributed by atoms with Crippen molar-refractivity contribution in [2.24, 2.45) is 5.92 Å². The number of hydrogen-bond acceptors (Lipinski definition) is 1. The fourth-order valence-corrected chi connectivity index (χ4v) is 2.05. The molecular weight excluding hydrogens is 158 g/mol. The van der Waals surface area contributed by atoms with E-state index in [0.717, 1.165) is 12.5 Å². The Morgan fingerprint density at radius 3 is 2.77 bits per heavy atom. The van der Waals surface area contributed by atoms with E-state index in [1.807, 2.05) is 0 Å². The third-order valence-electron chi connectivity index (χ3n) is 3.03. The highest BCUT2D eigenvalue weighted by atomic mass is 14.9. The lowest BCUT2D eigenvalue weighted by Crippen LogP contribution is -2.16. The second-order valence-electron chi connectivity index (χ2n) is 4.36. The maximum Gasteiger partial charge on any atom is 0.00451 e. The second kappa shape index (κ2) is 5.43. The van der Waals surface area contributed by atoms with Crippen LogP contribution in [0.5, 0.6) is 0 Å². The van der Waals surface area contributed by atoms with Gasteiger partial charge in [-0.3, -0.25) is 0 Å². The molecule has 1 aliphatic heterocycles. The summed E-state index contributed by atoms with van der Waals surface area (Å²) in [5.41, 5.74) is 1.48. The molecule has 1 heterocycles. The van der Waals surface area contributed by atoms with Crippen LogP contribution in [0.4, 0.5) is 0 Å². The third kappa shape index (κ3) is 3.51. The Bertz CT molecular complexity index is 163. The quantitative estimate of drug-likeness (QED) is 0.507. The van der Waals surface area contributed by atoms with Crippen molar-refractivity contribution in [1.29, 1.82) is 0 Å². The molecule has 1 N–H and O–H groups in total. The van der Waals surface area contributed by atoms with E-state index in [9.17, 15) is 0 Å². The van der Waals surface area contributed by atoms with Crippen molar-refractivity contribution in [2.75, 3.05) is 6.54 Å². The van der Waals surface area contributed by atoms with Gasteiger partial charge >= 0.3 is 0 Å². The first kappa shape index (κ1) is 10.8. The molecule has 0 bridgehead atoms. The molecule has 0 amide bonds. The van der Waals surface area contributed by atoms with Crippen molar-refractivity contribution in [3.05, 3.63) is 12.2 Å². The van der Waals surface area contributed by atoms with E-state index in [0.29, 0.717) is 6.04 Å². The summed E-state index contributed by atoms with van der Waals surface area (Å²) in [5, 5.41) is 3.48. The van der Waals surface area contributed by atoms with E-state index < -0.39 is 0 Å². The Labute approximate surface area is 82.6 Å². The molecule has 0 spiro atoms. The lowest BCUT2D eigenvalue weighted by molar-refractivity contribution is 0.599. The van der Waals surface area contributed by atoms with Crippen LogP contribution in [-0.2, 0) is 0 Å². The first-order valence-electron chi connectivity index (χ1n) is 5.65. The van der Waals surface area contributed by atoms with Crippen LogP contribution in [0.15, 0.2) is 12.2 Å². The molecular formula is C12H23N. The Morgan fingerprint density at radius 2 is 2.23 bits per heavy atom. The Kier molecular flexibility index (Phi) is 4.51. The molecule has 1 heteroatoms. The van der Waals surface area contributed by atoms with Gasteiger partial charge in [-0.2, -0.15) is 0 Å². The zero-order chi connectivity index (χ0) is 9.68. The van der Waals surface area contributed by atoms with Gasteiger partial charge in [0.05, 0.1) is 0 Å². The van der Waals surface area contributed by atoms with E-state index in [-0.39, 0.29) is 0 Å². The van der Waals surface area contributed by atoms with Crippen molar-refractivity contribution >= 4 is 0 Å².